The molecule has 0 aliphatic carbocycles. The Kier molecular flexibility index (Phi) is 6.52. The van der Waals surface area contributed by atoms with Crippen LogP contribution >= 0.6 is 0 Å². The molecule has 180 valence electrons. The SMILES string of the molecule is COc1ccc(-c2cc(C(=O)N3CCCC(c4ncc(Cc5ccccc5)o4)C3)[nH]n2)c(OC)c1. The van der Waals surface area contributed by atoms with Crippen LogP contribution in [0, 0.1) is 0 Å². The summed E-state index contributed by atoms with van der Waals surface area (Å²) in [4.78, 5) is 19.7. The van der Waals surface area contributed by atoms with E-state index >= 15 is 0 Å². The number of carbonyl (C=O) groups is 1. The van der Waals surface area contributed by atoms with Gasteiger partial charge in [0.25, 0.3) is 5.91 Å². The van der Waals surface area contributed by atoms with Crippen molar-refractivity contribution < 1.29 is 18.7 Å². The van der Waals surface area contributed by atoms with E-state index in [1.54, 1.807) is 32.5 Å². The third kappa shape index (κ3) is 4.91. The molecule has 5 rings (SSSR count). The molecule has 0 spiro atoms. The first-order chi connectivity index (χ1) is 17.1. The lowest BCUT2D eigenvalue weighted by Gasteiger charge is -2.30. The van der Waals surface area contributed by atoms with E-state index < -0.39 is 0 Å². The van der Waals surface area contributed by atoms with E-state index in [2.05, 4.69) is 27.3 Å². The number of aromatic amines is 1. The van der Waals surface area contributed by atoms with Gasteiger partial charge in [0.2, 0.25) is 0 Å². The van der Waals surface area contributed by atoms with Crippen molar-refractivity contribution in [3.05, 3.63) is 83.7 Å². The number of H-pyrrole nitrogens is 1. The maximum absolute atomic E-state index is 13.3. The van der Waals surface area contributed by atoms with Crippen LogP contribution in [0.2, 0.25) is 0 Å². The lowest BCUT2D eigenvalue weighted by molar-refractivity contribution is 0.0692. The molecule has 2 aromatic carbocycles. The van der Waals surface area contributed by atoms with E-state index in [9.17, 15) is 4.79 Å². The number of nitrogens with zero attached hydrogens (tertiary/aromatic N) is 3. The van der Waals surface area contributed by atoms with Crippen LogP contribution in [-0.4, -0.2) is 53.3 Å². The lowest BCUT2D eigenvalue weighted by Crippen LogP contribution is -2.39. The number of benzene rings is 2. The lowest BCUT2D eigenvalue weighted by atomic mass is 9.97. The Bertz CT molecular complexity index is 1300. The van der Waals surface area contributed by atoms with Gasteiger partial charge in [-0.1, -0.05) is 30.3 Å². The van der Waals surface area contributed by atoms with Crippen LogP contribution < -0.4 is 9.47 Å². The zero-order valence-electron chi connectivity index (χ0n) is 19.9. The molecule has 2 aromatic heterocycles. The van der Waals surface area contributed by atoms with Crippen molar-refractivity contribution in [2.24, 2.45) is 0 Å². The molecule has 0 radical (unpaired) electrons. The molecule has 4 aromatic rings. The summed E-state index contributed by atoms with van der Waals surface area (Å²) >= 11 is 0. The van der Waals surface area contributed by atoms with Gasteiger partial charge in [-0.05, 0) is 36.6 Å². The molecule has 3 heterocycles. The van der Waals surface area contributed by atoms with Crippen molar-refractivity contribution in [1.82, 2.24) is 20.1 Å². The Balaban J connectivity index is 1.28. The number of nitrogens with one attached hydrogen (secondary N) is 1. The van der Waals surface area contributed by atoms with Crippen molar-refractivity contribution in [3.8, 4) is 22.8 Å². The number of aromatic nitrogens is 3. The first-order valence-electron chi connectivity index (χ1n) is 11.7. The molecule has 1 atom stereocenters. The fourth-order valence-electron chi connectivity index (χ4n) is 4.50. The molecule has 0 saturated carbocycles. The van der Waals surface area contributed by atoms with Crippen molar-refractivity contribution in [1.29, 1.82) is 0 Å². The summed E-state index contributed by atoms with van der Waals surface area (Å²) in [5.74, 6) is 2.83. The molecular weight excluding hydrogens is 444 g/mol. The average Bonchev–Trinajstić information content (AvgIpc) is 3.59. The second-order valence-corrected chi connectivity index (χ2v) is 8.65. The smallest absolute Gasteiger partial charge is 0.271 e. The van der Waals surface area contributed by atoms with Gasteiger partial charge in [-0.3, -0.25) is 9.89 Å². The number of ether oxygens (including phenoxy) is 2. The van der Waals surface area contributed by atoms with Gasteiger partial charge < -0.3 is 18.8 Å². The third-order valence-electron chi connectivity index (χ3n) is 6.34. The van der Waals surface area contributed by atoms with Gasteiger partial charge in [0.15, 0.2) is 5.89 Å². The highest BCUT2D eigenvalue weighted by Crippen LogP contribution is 2.33. The number of hydrogen-bond donors (Lipinski definition) is 1. The Morgan fingerprint density at radius 1 is 1.14 bits per heavy atom. The summed E-state index contributed by atoms with van der Waals surface area (Å²) in [6.07, 6.45) is 4.33. The van der Waals surface area contributed by atoms with E-state index in [0.29, 0.717) is 48.3 Å². The molecule has 1 aliphatic heterocycles. The predicted molar refractivity (Wildman–Crippen MR) is 131 cm³/mol. The van der Waals surface area contributed by atoms with Gasteiger partial charge in [-0.15, -0.1) is 0 Å². The van der Waals surface area contributed by atoms with Crippen LogP contribution in [0.1, 0.15) is 46.5 Å². The maximum Gasteiger partial charge on any atom is 0.271 e. The van der Waals surface area contributed by atoms with Gasteiger partial charge in [0.05, 0.1) is 32.0 Å². The molecule has 8 nitrogen and oxygen atoms in total. The minimum atomic E-state index is -0.0861. The van der Waals surface area contributed by atoms with Gasteiger partial charge in [-0.2, -0.15) is 5.10 Å². The third-order valence-corrected chi connectivity index (χ3v) is 6.34. The highest BCUT2D eigenvalue weighted by atomic mass is 16.5. The summed E-state index contributed by atoms with van der Waals surface area (Å²) in [6, 6.07) is 17.4. The molecule has 1 saturated heterocycles. The molecule has 1 unspecified atom stereocenters. The van der Waals surface area contributed by atoms with E-state index in [1.165, 1.54) is 5.56 Å². The molecule has 0 bridgehead atoms. The molecule has 35 heavy (non-hydrogen) atoms. The second-order valence-electron chi connectivity index (χ2n) is 8.65. The van der Waals surface area contributed by atoms with Gasteiger partial charge in [-0.25, -0.2) is 4.98 Å². The number of methoxy groups -OCH3 is 2. The minimum absolute atomic E-state index is 0.0706. The van der Waals surface area contributed by atoms with Gasteiger partial charge in [0.1, 0.15) is 23.0 Å². The summed E-state index contributed by atoms with van der Waals surface area (Å²) < 4.78 is 16.8. The molecule has 1 amide bonds. The largest absolute Gasteiger partial charge is 0.497 e. The fourth-order valence-corrected chi connectivity index (χ4v) is 4.50. The number of carbonyl (C=O) groups excluding carboxylic acids is 1. The number of hydrogen-bond acceptors (Lipinski definition) is 6. The van der Waals surface area contributed by atoms with Crippen molar-refractivity contribution in [3.63, 3.8) is 0 Å². The van der Waals surface area contributed by atoms with Crippen LogP contribution in [0.15, 0.2) is 65.2 Å². The molecule has 1 N–H and O–H groups in total. The summed E-state index contributed by atoms with van der Waals surface area (Å²) in [6.45, 7) is 1.25. The number of rotatable bonds is 7. The summed E-state index contributed by atoms with van der Waals surface area (Å²) in [5, 5.41) is 7.26. The Morgan fingerprint density at radius 2 is 2.00 bits per heavy atom. The average molecular weight is 473 g/mol. The van der Waals surface area contributed by atoms with Gasteiger partial charge in [0, 0.05) is 31.1 Å². The minimum Gasteiger partial charge on any atom is -0.497 e. The topological polar surface area (TPSA) is 93.5 Å². The van der Waals surface area contributed by atoms with Crippen LogP contribution in [0.4, 0.5) is 0 Å². The first kappa shape index (κ1) is 22.7. The monoisotopic (exact) mass is 472 g/mol. The van der Waals surface area contributed by atoms with Crippen LogP contribution in [0.3, 0.4) is 0 Å². The Morgan fingerprint density at radius 3 is 2.80 bits per heavy atom. The van der Waals surface area contributed by atoms with Crippen molar-refractivity contribution >= 4 is 5.91 Å². The zero-order chi connectivity index (χ0) is 24.2. The highest BCUT2D eigenvalue weighted by Gasteiger charge is 2.29. The zero-order valence-corrected chi connectivity index (χ0v) is 19.9. The predicted octanol–water partition coefficient (Wildman–Crippen LogP) is 4.69. The van der Waals surface area contributed by atoms with E-state index in [0.717, 1.165) is 24.2 Å². The van der Waals surface area contributed by atoms with Crippen LogP contribution in [0.5, 0.6) is 11.5 Å². The van der Waals surface area contributed by atoms with E-state index in [4.69, 9.17) is 13.9 Å². The quantitative estimate of drug-likeness (QED) is 0.419. The molecule has 1 aliphatic rings. The summed E-state index contributed by atoms with van der Waals surface area (Å²) in [5.41, 5.74) is 3.04. The molecule has 8 heteroatoms. The molecular formula is C27H28N4O4. The number of amides is 1. The maximum atomic E-state index is 13.3. The first-order valence-corrected chi connectivity index (χ1v) is 11.7. The Hall–Kier alpha value is -4.07. The van der Waals surface area contributed by atoms with Crippen molar-refractivity contribution in [2.75, 3.05) is 27.3 Å². The second kappa shape index (κ2) is 10.0. The normalized spacial score (nSPS) is 15.7. The molecule has 1 fully saturated rings. The van der Waals surface area contributed by atoms with E-state index in [1.807, 2.05) is 35.2 Å². The Labute approximate surface area is 203 Å². The van der Waals surface area contributed by atoms with Crippen LogP contribution in [0.25, 0.3) is 11.3 Å². The highest BCUT2D eigenvalue weighted by molar-refractivity contribution is 5.93. The fraction of sp³-hybridized carbons (Fsp3) is 0.296. The number of oxazole rings is 1. The van der Waals surface area contributed by atoms with Crippen molar-refractivity contribution in [2.45, 2.75) is 25.2 Å². The van der Waals surface area contributed by atoms with E-state index in [-0.39, 0.29) is 11.8 Å². The standard InChI is InChI=1S/C27H28N4O4/c1-33-20-10-11-22(25(14-20)34-2)23-15-24(30-29-23)27(32)31-12-6-9-19(17-31)26-28-16-21(35-26)13-18-7-4-3-5-8-18/h3-5,7-8,10-11,14-16,19H,6,9,12-13,17H2,1-2H3,(H,29,30). The number of piperidine rings is 1. The summed E-state index contributed by atoms with van der Waals surface area (Å²) in [7, 11) is 3.20. The van der Waals surface area contributed by atoms with Crippen LogP contribution in [-0.2, 0) is 6.42 Å². The van der Waals surface area contributed by atoms with Gasteiger partial charge >= 0.3 is 0 Å². The number of likely N-dealkylation sites (tertiary alicyclic amines) is 1.